The summed E-state index contributed by atoms with van der Waals surface area (Å²) in [5.74, 6) is 1.05. The molecule has 1 heteroatoms. The summed E-state index contributed by atoms with van der Waals surface area (Å²) in [7, 11) is 0. The Morgan fingerprint density at radius 3 is 2.29 bits per heavy atom. The number of hydrogen-bond acceptors (Lipinski definition) is 1. The first-order chi connectivity index (χ1) is 8.02. The van der Waals surface area contributed by atoms with E-state index < -0.39 is 0 Å². The van der Waals surface area contributed by atoms with E-state index in [9.17, 15) is 0 Å². The van der Waals surface area contributed by atoms with E-state index in [1.54, 1.807) is 0 Å². The lowest BCUT2D eigenvalue weighted by molar-refractivity contribution is 0.747. The fourth-order valence-electron chi connectivity index (χ4n) is 1.81. The quantitative estimate of drug-likeness (QED) is 0.583. The van der Waals surface area contributed by atoms with Gasteiger partial charge in [0, 0.05) is 5.69 Å². The summed E-state index contributed by atoms with van der Waals surface area (Å²) in [5.41, 5.74) is 9.18. The highest BCUT2D eigenvalue weighted by atomic mass is 14.5. The van der Waals surface area contributed by atoms with Crippen molar-refractivity contribution in [2.45, 2.75) is 27.2 Å². The third-order valence-corrected chi connectivity index (χ3v) is 2.76. The molecule has 0 bridgehead atoms. The molecule has 0 saturated heterocycles. The lowest BCUT2D eigenvalue weighted by Gasteiger charge is -2.13. The first-order valence-electron chi connectivity index (χ1n) is 6.22. The average molecular weight is 229 g/mol. The third-order valence-electron chi connectivity index (χ3n) is 2.76. The van der Waals surface area contributed by atoms with Crippen molar-refractivity contribution in [3.63, 3.8) is 0 Å². The summed E-state index contributed by atoms with van der Waals surface area (Å²) < 4.78 is 0. The van der Waals surface area contributed by atoms with E-state index in [-0.39, 0.29) is 0 Å². The molecular formula is C16H23N. The SMILES string of the molecule is C=CC(C)C/C(=C\C(C)C)c1ccc(N)cc1. The number of anilines is 1. The van der Waals surface area contributed by atoms with Crippen LogP contribution in [0.3, 0.4) is 0 Å². The van der Waals surface area contributed by atoms with Crippen molar-refractivity contribution in [1.29, 1.82) is 0 Å². The van der Waals surface area contributed by atoms with Gasteiger partial charge in [0.25, 0.3) is 0 Å². The lowest BCUT2D eigenvalue weighted by Crippen LogP contribution is -1.96. The Morgan fingerprint density at radius 1 is 1.24 bits per heavy atom. The second-order valence-corrected chi connectivity index (χ2v) is 4.98. The molecule has 0 saturated carbocycles. The molecule has 17 heavy (non-hydrogen) atoms. The van der Waals surface area contributed by atoms with Crippen molar-refractivity contribution >= 4 is 11.3 Å². The maximum atomic E-state index is 5.72. The predicted molar refractivity (Wildman–Crippen MR) is 77.6 cm³/mol. The molecular weight excluding hydrogens is 206 g/mol. The zero-order chi connectivity index (χ0) is 12.8. The van der Waals surface area contributed by atoms with E-state index in [1.165, 1.54) is 11.1 Å². The molecule has 1 rings (SSSR count). The first kappa shape index (κ1) is 13.6. The van der Waals surface area contributed by atoms with E-state index in [0.717, 1.165) is 12.1 Å². The number of hydrogen-bond donors (Lipinski definition) is 1. The standard InChI is InChI=1S/C16H23N/c1-5-13(4)11-15(10-12(2)3)14-6-8-16(17)9-7-14/h5-10,12-13H,1,11,17H2,2-4H3/b15-10+. The number of nitrogen functional groups attached to an aromatic ring is 1. The van der Waals surface area contributed by atoms with Crippen molar-refractivity contribution in [1.82, 2.24) is 0 Å². The first-order valence-corrected chi connectivity index (χ1v) is 6.22. The van der Waals surface area contributed by atoms with Crippen LogP contribution in [0.5, 0.6) is 0 Å². The Bertz CT molecular complexity index is 384. The molecule has 0 heterocycles. The fraction of sp³-hybridized carbons (Fsp3) is 0.375. The number of rotatable bonds is 5. The molecule has 1 unspecified atom stereocenters. The zero-order valence-electron chi connectivity index (χ0n) is 11.1. The van der Waals surface area contributed by atoms with E-state index in [1.807, 2.05) is 18.2 Å². The van der Waals surface area contributed by atoms with Crippen LogP contribution in [0.15, 0.2) is 43.0 Å². The van der Waals surface area contributed by atoms with Crippen molar-refractivity contribution in [2.24, 2.45) is 11.8 Å². The highest BCUT2D eigenvalue weighted by Crippen LogP contribution is 2.25. The smallest absolute Gasteiger partial charge is 0.0314 e. The minimum Gasteiger partial charge on any atom is -0.399 e. The minimum absolute atomic E-state index is 0.498. The predicted octanol–water partition coefficient (Wildman–Crippen LogP) is 4.52. The van der Waals surface area contributed by atoms with E-state index in [4.69, 9.17) is 5.73 Å². The number of benzene rings is 1. The van der Waals surface area contributed by atoms with Crippen LogP contribution in [-0.2, 0) is 0 Å². The minimum atomic E-state index is 0.498. The van der Waals surface area contributed by atoms with Gasteiger partial charge in [-0.15, -0.1) is 6.58 Å². The lowest BCUT2D eigenvalue weighted by atomic mass is 9.93. The van der Waals surface area contributed by atoms with Gasteiger partial charge in [-0.1, -0.05) is 45.1 Å². The van der Waals surface area contributed by atoms with Gasteiger partial charge in [-0.2, -0.15) is 0 Å². The molecule has 0 fully saturated rings. The molecule has 2 N–H and O–H groups in total. The number of allylic oxidation sites excluding steroid dienone is 3. The molecule has 0 aliphatic heterocycles. The maximum Gasteiger partial charge on any atom is 0.0314 e. The summed E-state index contributed by atoms with van der Waals surface area (Å²) in [6.45, 7) is 10.5. The van der Waals surface area contributed by atoms with Crippen LogP contribution in [0.4, 0.5) is 5.69 Å². The molecule has 1 aromatic rings. The topological polar surface area (TPSA) is 26.0 Å². The van der Waals surface area contributed by atoms with Crippen LogP contribution in [-0.4, -0.2) is 0 Å². The van der Waals surface area contributed by atoms with Gasteiger partial charge in [-0.3, -0.25) is 0 Å². The van der Waals surface area contributed by atoms with Crippen LogP contribution in [0.2, 0.25) is 0 Å². The highest BCUT2D eigenvalue weighted by Gasteiger charge is 2.06. The van der Waals surface area contributed by atoms with Gasteiger partial charge in [0.2, 0.25) is 0 Å². The zero-order valence-corrected chi connectivity index (χ0v) is 11.1. The van der Waals surface area contributed by atoms with Crippen molar-refractivity contribution < 1.29 is 0 Å². The Kier molecular flexibility index (Phi) is 5.02. The van der Waals surface area contributed by atoms with Gasteiger partial charge in [-0.05, 0) is 41.5 Å². The molecule has 92 valence electrons. The van der Waals surface area contributed by atoms with Crippen molar-refractivity contribution in [3.05, 3.63) is 48.6 Å². The Hall–Kier alpha value is -1.50. The monoisotopic (exact) mass is 229 g/mol. The molecule has 0 aromatic heterocycles. The summed E-state index contributed by atoms with van der Waals surface area (Å²) >= 11 is 0. The van der Waals surface area contributed by atoms with Gasteiger partial charge >= 0.3 is 0 Å². The van der Waals surface area contributed by atoms with Crippen LogP contribution in [0.1, 0.15) is 32.8 Å². The second kappa shape index (κ2) is 6.29. The molecule has 0 amide bonds. The van der Waals surface area contributed by atoms with Gasteiger partial charge in [0.05, 0.1) is 0 Å². The summed E-state index contributed by atoms with van der Waals surface area (Å²) in [5, 5.41) is 0. The summed E-state index contributed by atoms with van der Waals surface area (Å²) in [6, 6.07) is 8.11. The van der Waals surface area contributed by atoms with Gasteiger partial charge < -0.3 is 5.73 Å². The summed E-state index contributed by atoms with van der Waals surface area (Å²) in [4.78, 5) is 0. The average Bonchev–Trinajstić information content (AvgIpc) is 2.28. The third kappa shape index (κ3) is 4.48. The van der Waals surface area contributed by atoms with Gasteiger partial charge in [-0.25, -0.2) is 0 Å². The molecule has 0 spiro atoms. The van der Waals surface area contributed by atoms with Gasteiger partial charge in [0.15, 0.2) is 0 Å². The van der Waals surface area contributed by atoms with Crippen LogP contribution >= 0.6 is 0 Å². The highest BCUT2D eigenvalue weighted by molar-refractivity contribution is 5.67. The summed E-state index contributed by atoms with van der Waals surface area (Å²) in [6.07, 6.45) is 5.36. The largest absolute Gasteiger partial charge is 0.399 e. The van der Waals surface area contributed by atoms with Crippen molar-refractivity contribution in [2.75, 3.05) is 5.73 Å². The maximum absolute atomic E-state index is 5.72. The van der Waals surface area contributed by atoms with E-state index in [0.29, 0.717) is 11.8 Å². The van der Waals surface area contributed by atoms with Crippen LogP contribution < -0.4 is 5.73 Å². The molecule has 0 radical (unpaired) electrons. The van der Waals surface area contributed by atoms with Gasteiger partial charge in [0.1, 0.15) is 0 Å². The van der Waals surface area contributed by atoms with Crippen LogP contribution in [0, 0.1) is 11.8 Å². The fourth-order valence-corrected chi connectivity index (χ4v) is 1.81. The van der Waals surface area contributed by atoms with Crippen molar-refractivity contribution in [3.8, 4) is 0 Å². The molecule has 1 aromatic carbocycles. The Morgan fingerprint density at radius 2 is 1.82 bits per heavy atom. The normalized spacial score (nSPS) is 13.8. The molecule has 0 aliphatic rings. The molecule has 1 nitrogen and oxygen atoms in total. The van der Waals surface area contributed by atoms with E-state index >= 15 is 0 Å². The molecule has 0 aliphatic carbocycles. The van der Waals surface area contributed by atoms with E-state index in [2.05, 4.69) is 45.6 Å². The Labute approximate surface area is 105 Å². The Balaban J connectivity index is 2.98. The van der Waals surface area contributed by atoms with Crippen LogP contribution in [0.25, 0.3) is 5.57 Å². The second-order valence-electron chi connectivity index (χ2n) is 4.98. The molecule has 1 atom stereocenters. The number of nitrogens with two attached hydrogens (primary N) is 1.